The number of hydrogen-bond donors (Lipinski definition) is 0. The fourth-order valence-electron chi connectivity index (χ4n) is 7.55. The molecule has 9 aromatic carbocycles. The molecule has 1 heterocycles. The Labute approximate surface area is 290 Å². The Morgan fingerprint density at radius 3 is 1.58 bits per heavy atom. The van der Waals surface area contributed by atoms with E-state index in [1.165, 1.54) is 54.6 Å². The molecule has 0 unspecified atom stereocenters. The van der Waals surface area contributed by atoms with Crippen LogP contribution in [0.5, 0.6) is 0 Å². The van der Waals surface area contributed by atoms with Crippen LogP contribution in [0.2, 0.25) is 0 Å². The predicted octanol–water partition coefficient (Wildman–Crippen LogP) is 13.8. The van der Waals surface area contributed by atoms with Gasteiger partial charge in [-0.15, -0.1) is 0 Å². The van der Waals surface area contributed by atoms with E-state index in [1.54, 1.807) is 0 Å². The molecule has 50 heavy (non-hydrogen) atoms. The summed E-state index contributed by atoms with van der Waals surface area (Å²) in [6.07, 6.45) is 0. The molecular formula is C48H31NO. The lowest BCUT2D eigenvalue weighted by Gasteiger charge is -2.26. The Bertz CT molecular complexity index is 2850. The lowest BCUT2D eigenvalue weighted by molar-refractivity contribution is 0.669. The zero-order valence-electron chi connectivity index (χ0n) is 27.3. The summed E-state index contributed by atoms with van der Waals surface area (Å²) in [5.74, 6) is 0. The molecule has 2 nitrogen and oxygen atoms in total. The van der Waals surface area contributed by atoms with Crippen LogP contribution in [0.25, 0.3) is 76.5 Å². The van der Waals surface area contributed by atoms with Crippen molar-refractivity contribution < 1.29 is 4.42 Å². The maximum atomic E-state index is 6.53. The van der Waals surface area contributed by atoms with Gasteiger partial charge in [0.25, 0.3) is 0 Å². The first-order chi connectivity index (χ1) is 24.8. The third-order valence-electron chi connectivity index (χ3n) is 10.0. The van der Waals surface area contributed by atoms with Crippen LogP contribution in [0.4, 0.5) is 17.1 Å². The minimum Gasteiger partial charge on any atom is -0.456 e. The number of furan rings is 1. The molecule has 0 saturated heterocycles. The molecule has 0 fully saturated rings. The monoisotopic (exact) mass is 637 g/mol. The average molecular weight is 638 g/mol. The molecule has 0 aliphatic rings. The summed E-state index contributed by atoms with van der Waals surface area (Å²) >= 11 is 0. The van der Waals surface area contributed by atoms with Crippen molar-refractivity contribution in [3.05, 3.63) is 188 Å². The summed E-state index contributed by atoms with van der Waals surface area (Å²) in [4.78, 5) is 2.32. The minimum absolute atomic E-state index is 0.873. The van der Waals surface area contributed by atoms with E-state index in [4.69, 9.17) is 4.42 Å². The van der Waals surface area contributed by atoms with Crippen molar-refractivity contribution in [2.24, 2.45) is 0 Å². The fraction of sp³-hybridized carbons (Fsp3) is 0. The third-order valence-corrected chi connectivity index (χ3v) is 10.0. The molecule has 1 aromatic heterocycles. The van der Waals surface area contributed by atoms with Crippen LogP contribution in [0.1, 0.15) is 0 Å². The van der Waals surface area contributed by atoms with Gasteiger partial charge in [0.15, 0.2) is 0 Å². The highest BCUT2D eigenvalue weighted by Crippen LogP contribution is 2.41. The average Bonchev–Trinajstić information content (AvgIpc) is 3.54. The van der Waals surface area contributed by atoms with E-state index in [1.807, 2.05) is 0 Å². The van der Waals surface area contributed by atoms with Gasteiger partial charge >= 0.3 is 0 Å². The molecule has 10 rings (SSSR count). The summed E-state index contributed by atoms with van der Waals surface area (Å²) in [5.41, 5.74) is 9.79. The van der Waals surface area contributed by atoms with Crippen LogP contribution in [0.3, 0.4) is 0 Å². The summed E-state index contributed by atoms with van der Waals surface area (Å²) in [6, 6.07) is 67.5. The van der Waals surface area contributed by atoms with Crippen molar-refractivity contribution in [3.8, 4) is 22.3 Å². The zero-order chi connectivity index (χ0) is 33.0. The van der Waals surface area contributed by atoms with E-state index in [-0.39, 0.29) is 0 Å². The van der Waals surface area contributed by atoms with Gasteiger partial charge in [-0.05, 0) is 109 Å². The Kier molecular flexibility index (Phi) is 6.53. The van der Waals surface area contributed by atoms with Gasteiger partial charge in [0.05, 0.1) is 0 Å². The van der Waals surface area contributed by atoms with Crippen LogP contribution in [0, 0.1) is 0 Å². The van der Waals surface area contributed by atoms with Gasteiger partial charge < -0.3 is 9.32 Å². The first kappa shape index (κ1) is 28.4. The minimum atomic E-state index is 0.873. The first-order valence-electron chi connectivity index (χ1n) is 17.1. The highest BCUT2D eigenvalue weighted by atomic mass is 16.3. The van der Waals surface area contributed by atoms with Gasteiger partial charge in [-0.1, -0.05) is 127 Å². The van der Waals surface area contributed by atoms with E-state index >= 15 is 0 Å². The molecule has 10 aromatic rings. The van der Waals surface area contributed by atoms with Crippen molar-refractivity contribution >= 4 is 71.3 Å². The van der Waals surface area contributed by atoms with Crippen molar-refractivity contribution in [2.45, 2.75) is 0 Å². The van der Waals surface area contributed by atoms with Crippen LogP contribution < -0.4 is 4.90 Å². The van der Waals surface area contributed by atoms with E-state index in [9.17, 15) is 0 Å². The van der Waals surface area contributed by atoms with Crippen molar-refractivity contribution in [1.82, 2.24) is 0 Å². The molecule has 0 atom stereocenters. The largest absolute Gasteiger partial charge is 0.456 e. The van der Waals surface area contributed by atoms with Crippen LogP contribution in [-0.2, 0) is 0 Å². The smallest absolute Gasteiger partial charge is 0.137 e. The predicted molar refractivity (Wildman–Crippen MR) is 212 cm³/mol. The number of rotatable bonds is 5. The van der Waals surface area contributed by atoms with Crippen LogP contribution in [0.15, 0.2) is 192 Å². The lowest BCUT2D eigenvalue weighted by atomic mass is 9.93. The van der Waals surface area contributed by atoms with Crippen molar-refractivity contribution in [3.63, 3.8) is 0 Å². The quantitative estimate of drug-likeness (QED) is 0.175. The number of fused-ring (bicyclic) bond motifs is 7. The summed E-state index contributed by atoms with van der Waals surface area (Å²) < 4.78 is 6.53. The van der Waals surface area contributed by atoms with Gasteiger partial charge in [-0.3, -0.25) is 0 Å². The van der Waals surface area contributed by atoms with Gasteiger partial charge in [-0.25, -0.2) is 0 Å². The fourth-order valence-corrected chi connectivity index (χ4v) is 7.55. The number of anilines is 3. The Morgan fingerprint density at radius 2 is 0.840 bits per heavy atom. The Balaban J connectivity index is 1.11. The highest BCUT2D eigenvalue weighted by molar-refractivity contribution is 6.14. The van der Waals surface area contributed by atoms with Gasteiger partial charge in [-0.2, -0.15) is 0 Å². The first-order valence-corrected chi connectivity index (χ1v) is 17.1. The van der Waals surface area contributed by atoms with Crippen LogP contribution >= 0.6 is 0 Å². The number of hydrogen-bond acceptors (Lipinski definition) is 2. The molecule has 0 N–H and O–H groups in total. The normalized spacial score (nSPS) is 11.6. The molecule has 0 aliphatic heterocycles. The lowest BCUT2D eigenvalue weighted by Crippen LogP contribution is -2.09. The van der Waals surface area contributed by atoms with E-state index in [0.29, 0.717) is 0 Å². The second-order valence-corrected chi connectivity index (χ2v) is 13.0. The maximum absolute atomic E-state index is 6.53. The molecule has 0 aliphatic carbocycles. The van der Waals surface area contributed by atoms with Crippen molar-refractivity contribution in [2.75, 3.05) is 4.90 Å². The summed E-state index contributed by atoms with van der Waals surface area (Å²) in [5, 5.41) is 9.71. The second-order valence-electron chi connectivity index (χ2n) is 13.0. The maximum Gasteiger partial charge on any atom is 0.137 e. The van der Waals surface area contributed by atoms with Gasteiger partial charge in [0.1, 0.15) is 11.2 Å². The Hall–Kier alpha value is -6.64. The van der Waals surface area contributed by atoms with Gasteiger partial charge in [0.2, 0.25) is 0 Å². The topological polar surface area (TPSA) is 16.4 Å². The van der Waals surface area contributed by atoms with E-state index in [2.05, 4.69) is 193 Å². The van der Waals surface area contributed by atoms with Crippen LogP contribution in [-0.4, -0.2) is 0 Å². The number of nitrogens with zero attached hydrogens (tertiary/aromatic N) is 1. The molecule has 2 heteroatoms. The van der Waals surface area contributed by atoms with E-state index in [0.717, 1.165) is 39.0 Å². The highest BCUT2D eigenvalue weighted by Gasteiger charge is 2.17. The van der Waals surface area contributed by atoms with E-state index < -0.39 is 0 Å². The van der Waals surface area contributed by atoms with Crippen molar-refractivity contribution in [1.29, 1.82) is 0 Å². The zero-order valence-corrected chi connectivity index (χ0v) is 27.3. The van der Waals surface area contributed by atoms with Gasteiger partial charge in [0, 0.05) is 33.9 Å². The summed E-state index contributed by atoms with van der Waals surface area (Å²) in [6.45, 7) is 0. The Morgan fingerprint density at radius 1 is 0.300 bits per heavy atom. The second kappa shape index (κ2) is 11.5. The third kappa shape index (κ3) is 4.73. The SMILES string of the molecule is c1ccc(-c2ccc(N(c3ccc(-c4cc5ccccc5c5ccccc45)cc3)c3ccc4c(c3)oc3cc5ccccc5cc34)cc2)cc1. The molecule has 0 radical (unpaired) electrons. The standard InChI is InChI=1S/C48H31NO/c1-2-10-32(11-3-1)33-18-22-38(23-19-33)49(40-26-27-44-46-28-35-12-4-5-13-36(35)30-47(46)50-48(44)31-40)39-24-20-34(21-25-39)45-29-37-14-6-7-15-41(37)42-16-8-9-17-43(42)45/h1-31H. The molecule has 234 valence electrons. The molecular weight excluding hydrogens is 607 g/mol. The number of benzene rings is 9. The molecule has 0 amide bonds. The molecule has 0 saturated carbocycles. The summed E-state index contributed by atoms with van der Waals surface area (Å²) in [7, 11) is 0. The molecule has 0 spiro atoms. The molecule has 0 bridgehead atoms.